The lowest BCUT2D eigenvalue weighted by Crippen LogP contribution is -2.12. The van der Waals surface area contributed by atoms with E-state index in [2.05, 4.69) is 10.2 Å². The summed E-state index contributed by atoms with van der Waals surface area (Å²) in [7, 11) is 0. The summed E-state index contributed by atoms with van der Waals surface area (Å²) in [6.07, 6.45) is 0. The third-order valence-corrected chi connectivity index (χ3v) is 5.92. The lowest BCUT2D eigenvalue weighted by atomic mass is 10.1. The number of thioether (sulfide) groups is 1. The van der Waals surface area contributed by atoms with Crippen molar-refractivity contribution in [1.82, 2.24) is 14.9 Å². The second-order valence-corrected chi connectivity index (χ2v) is 7.82. The van der Waals surface area contributed by atoms with Crippen LogP contribution in [-0.2, 0) is 5.75 Å². The van der Waals surface area contributed by atoms with Crippen molar-refractivity contribution in [3.8, 4) is 11.4 Å². The number of halogens is 1. The molecule has 2 aromatic carbocycles. The Morgan fingerprint density at radius 3 is 2.71 bits per heavy atom. The van der Waals surface area contributed by atoms with Gasteiger partial charge in [-0.15, -0.1) is 10.2 Å². The molecule has 0 fully saturated rings. The van der Waals surface area contributed by atoms with Crippen LogP contribution in [0.1, 0.15) is 16.7 Å². The molecule has 4 aromatic rings. The Morgan fingerprint density at radius 1 is 1.14 bits per heavy atom. The minimum Gasteiger partial charge on any atom is -0.423 e. The topological polar surface area (TPSA) is 86.9 Å². The van der Waals surface area contributed by atoms with E-state index in [0.29, 0.717) is 27.3 Å². The normalized spacial score (nSPS) is 11.2. The standard InChI is InChI=1S/C20H17ClN4O2S/c1-11-5-3-4-6-14(11)19-23-24-20(25(19)22)28-10-13-8-18(26)27-17-7-12(2)16(21)9-15(13)17/h3-9H,10,22H2,1-2H3. The number of fused-ring (bicyclic) bond motifs is 1. The van der Waals surface area contributed by atoms with Crippen molar-refractivity contribution < 1.29 is 4.42 Å². The number of aromatic nitrogens is 3. The van der Waals surface area contributed by atoms with Crippen LogP contribution in [-0.4, -0.2) is 14.9 Å². The van der Waals surface area contributed by atoms with E-state index in [1.165, 1.54) is 22.5 Å². The number of rotatable bonds is 4. The van der Waals surface area contributed by atoms with Gasteiger partial charge in [0.2, 0.25) is 5.16 Å². The van der Waals surface area contributed by atoms with E-state index in [0.717, 1.165) is 27.6 Å². The first-order chi connectivity index (χ1) is 13.4. The first-order valence-electron chi connectivity index (χ1n) is 8.56. The molecule has 0 radical (unpaired) electrons. The molecule has 0 aliphatic carbocycles. The van der Waals surface area contributed by atoms with Gasteiger partial charge in [-0.2, -0.15) is 0 Å². The van der Waals surface area contributed by atoms with Crippen LogP contribution in [0.25, 0.3) is 22.4 Å². The van der Waals surface area contributed by atoms with Crippen molar-refractivity contribution in [2.45, 2.75) is 24.8 Å². The van der Waals surface area contributed by atoms with Crippen LogP contribution in [0.5, 0.6) is 0 Å². The van der Waals surface area contributed by atoms with Crippen LogP contribution in [0.3, 0.4) is 0 Å². The summed E-state index contributed by atoms with van der Waals surface area (Å²) in [4.78, 5) is 11.9. The van der Waals surface area contributed by atoms with Crippen molar-refractivity contribution in [3.05, 3.63) is 74.6 Å². The summed E-state index contributed by atoms with van der Waals surface area (Å²) in [5, 5.41) is 10.4. The monoisotopic (exact) mass is 412 g/mol. The van der Waals surface area contributed by atoms with Crippen molar-refractivity contribution in [3.63, 3.8) is 0 Å². The highest BCUT2D eigenvalue weighted by Crippen LogP contribution is 2.30. The highest BCUT2D eigenvalue weighted by molar-refractivity contribution is 7.98. The van der Waals surface area contributed by atoms with Gasteiger partial charge in [0.05, 0.1) is 0 Å². The molecule has 0 atom stereocenters. The number of aryl methyl sites for hydroxylation is 2. The van der Waals surface area contributed by atoms with Crippen molar-refractivity contribution in [1.29, 1.82) is 0 Å². The largest absolute Gasteiger partial charge is 0.423 e. The van der Waals surface area contributed by atoms with Crippen LogP contribution >= 0.6 is 23.4 Å². The zero-order chi connectivity index (χ0) is 19.8. The zero-order valence-electron chi connectivity index (χ0n) is 15.3. The molecule has 0 saturated carbocycles. The second kappa shape index (κ2) is 7.33. The van der Waals surface area contributed by atoms with Crippen LogP contribution in [0.2, 0.25) is 5.02 Å². The van der Waals surface area contributed by atoms with Gasteiger partial charge in [0.1, 0.15) is 5.58 Å². The molecule has 4 rings (SSSR count). The van der Waals surface area contributed by atoms with E-state index in [-0.39, 0.29) is 0 Å². The minimum atomic E-state index is -0.403. The van der Waals surface area contributed by atoms with Gasteiger partial charge in [-0.3, -0.25) is 0 Å². The average molecular weight is 413 g/mol. The molecule has 28 heavy (non-hydrogen) atoms. The third-order valence-electron chi connectivity index (χ3n) is 4.52. The highest BCUT2D eigenvalue weighted by Gasteiger charge is 2.15. The fourth-order valence-corrected chi connectivity index (χ4v) is 4.00. The maximum Gasteiger partial charge on any atom is 0.336 e. The number of nitrogen functional groups attached to an aromatic ring is 1. The Kier molecular flexibility index (Phi) is 4.87. The Morgan fingerprint density at radius 2 is 1.93 bits per heavy atom. The first kappa shape index (κ1) is 18.6. The highest BCUT2D eigenvalue weighted by atomic mass is 35.5. The summed E-state index contributed by atoms with van der Waals surface area (Å²) in [5.41, 5.74) is 3.76. The summed E-state index contributed by atoms with van der Waals surface area (Å²) < 4.78 is 6.78. The van der Waals surface area contributed by atoms with Crippen LogP contribution in [0.4, 0.5) is 0 Å². The predicted molar refractivity (Wildman–Crippen MR) is 112 cm³/mol. The van der Waals surface area contributed by atoms with Crippen LogP contribution in [0, 0.1) is 13.8 Å². The molecule has 2 N–H and O–H groups in total. The SMILES string of the molecule is Cc1cc2oc(=O)cc(CSc3nnc(-c4ccccc4C)n3N)c2cc1Cl. The van der Waals surface area contributed by atoms with Crippen LogP contribution < -0.4 is 11.5 Å². The molecule has 0 spiro atoms. The van der Waals surface area contributed by atoms with E-state index in [1.807, 2.05) is 44.2 Å². The summed E-state index contributed by atoms with van der Waals surface area (Å²) >= 11 is 7.65. The van der Waals surface area contributed by atoms with Gasteiger partial charge in [0.25, 0.3) is 0 Å². The molecule has 6 nitrogen and oxygen atoms in total. The van der Waals surface area contributed by atoms with Crippen LogP contribution in [0.15, 0.2) is 56.8 Å². The molecule has 0 aliphatic rings. The predicted octanol–water partition coefficient (Wildman–Crippen LogP) is 4.33. The molecule has 0 amide bonds. The van der Waals surface area contributed by atoms with Crippen molar-refractivity contribution in [2.75, 3.05) is 5.84 Å². The number of nitrogens with zero attached hydrogens (tertiary/aromatic N) is 3. The molecule has 0 bridgehead atoms. The number of hydrogen-bond donors (Lipinski definition) is 1. The number of nitrogens with two attached hydrogens (primary N) is 1. The molecule has 142 valence electrons. The van der Waals surface area contributed by atoms with E-state index in [4.69, 9.17) is 21.9 Å². The van der Waals surface area contributed by atoms with E-state index in [1.54, 1.807) is 6.07 Å². The third kappa shape index (κ3) is 3.39. The molecule has 2 heterocycles. The maximum absolute atomic E-state index is 11.9. The van der Waals surface area contributed by atoms with Gasteiger partial charge in [-0.1, -0.05) is 47.6 Å². The Bertz CT molecular complexity index is 1250. The van der Waals surface area contributed by atoms with Gasteiger partial charge >= 0.3 is 5.63 Å². The van der Waals surface area contributed by atoms with E-state index in [9.17, 15) is 4.79 Å². The average Bonchev–Trinajstić information content (AvgIpc) is 3.02. The fraction of sp³-hybridized carbons (Fsp3) is 0.150. The van der Waals surface area contributed by atoms with Gasteiger partial charge in [-0.05, 0) is 42.7 Å². The molecule has 2 aromatic heterocycles. The molecular formula is C20H17ClN4O2S. The number of benzene rings is 2. The molecular weight excluding hydrogens is 396 g/mol. The minimum absolute atomic E-state index is 0.403. The fourth-order valence-electron chi connectivity index (χ4n) is 2.99. The van der Waals surface area contributed by atoms with Crippen molar-refractivity contribution in [2.24, 2.45) is 0 Å². The Hall–Kier alpha value is -2.77. The summed E-state index contributed by atoms with van der Waals surface area (Å²) in [5.74, 6) is 7.30. The lowest BCUT2D eigenvalue weighted by Gasteiger charge is -2.08. The van der Waals surface area contributed by atoms with E-state index >= 15 is 0 Å². The summed E-state index contributed by atoms with van der Waals surface area (Å²) in [6, 6.07) is 12.9. The molecule has 0 aliphatic heterocycles. The quantitative estimate of drug-likeness (QED) is 0.305. The van der Waals surface area contributed by atoms with Gasteiger partial charge < -0.3 is 10.3 Å². The van der Waals surface area contributed by atoms with Gasteiger partial charge in [0, 0.05) is 27.8 Å². The summed E-state index contributed by atoms with van der Waals surface area (Å²) in [6.45, 7) is 3.87. The van der Waals surface area contributed by atoms with Gasteiger partial charge in [0.15, 0.2) is 5.82 Å². The van der Waals surface area contributed by atoms with Gasteiger partial charge in [-0.25, -0.2) is 9.47 Å². The number of hydrogen-bond acceptors (Lipinski definition) is 6. The Balaban J connectivity index is 1.67. The molecule has 0 unspecified atom stereocenters. The Labute approximate surface area is 170 Å². The molecule has 8 heteroatoms. The van der Waals surface area contributed by atoms with Crippen molar-refractivity contribution >= 4 is 34.3 Å². The lowest BCUT2D eigenvalue weighted by molar-refractivity contribution is 0.559. The first-order valence-corrected chi connectivity index (χ1v) is 9.92. The second-order valence-electron chi connectivity index (χ2n) is 6.47. The zero-order valence-corrected chi connectivity index (χ0v) is 16.8. The smallest absolute Gasteiger partial charge is 0.336 e. The van der Waals surface area contributed by atoms with E-state index < -0.39 is 5.63 Å². The molecule has 0 saturated heterocycles. The maximum atomic E-state index is 11.9.